The van der Waals surface area contributed by atoms with Crippen molar-refractivity contribution in [2.75, 3.05) is 59.3 Å². The van der Waals surface area contributed by atoms with Crippen LogP contribution >= 0.6 is 0 Å². The van der Waals surface area contributed by atoms with Crippen molar-refractivity contribution in [2.45, 2.75) is 26.4 Å². The third-order valence-electron chi connectivity index (χ3n) is 2.66. The number of nitrogens with zero attached hydrogens (tertiary/aromatic N) is 4. The lowest BCUT2D eigenvalue weighted by Crippen LogP contribution is -2.40. The van der Waals surface area contributed by atoms with Crippen molar-refractivity contribution in [1.29, 1.82) is 0 Å². The van der Waals surface area contributed by atoms with Crippen molar-refractivity contribution in [3.8, 4) is 0 Å². The maximum absolute atomic E-state index is 12.1. The summed E-state index contributed by atoms with van der Waals surface area (Å²) in [5, 5.41) is 11.8. The Morgan fingerprint density at radius 3 is 2.15 bits per heavy atom. The molecule has 1 amide bonds. The highest BCUT2D eigenvalue weighted by Crippen LogP contribution is 2.09. The molecule has 0 aromatic heterocycles. The molecule has 0 unspecified atom stereocenters. The summed E-state index contributed by atoms with van der Waals surface area (Å²) in [6, 6.07) is 0. The zero-order valence-corrected chi connectivity index (χ0v) is 15.5. The SMILES string of the molecule is CC(C)(C)OC(=O)N(CCN=[N+]=[N-])CCOCCOCCOCC(=O)O. The Morgan fingerprint density at radius 1 is 1.04 bits per heavy atom. The van der Waals surface area contributed by atoms with Gasteiger partial charge in [-0.3, -0.25) is 0 Å². The van der Waals surface area contributed by atoms with E-state index >= 15 is 0 Å². The molecule has 0 aliphatic heterocycles. The molecular formula is C15H28N4O7. The Hall–Kier alpha value is -2.07. The first-order valence-corrected chi connectivity index (χ1v) is 8.20. The average Bonchev–Trinajstić information content (AvgIpc) is 2.53. The Morgan fingerprint density at radius 2 is 1.62 bits per heavy atom. The van der Waals surface area contributed by atoms with Crippen LogP contribution in [0.2, 0.25) is 0 Å². The number of amides is 1. The van der Waals surface area contributed by atoms with Gasteiger partial charge in [0.1, 0.15) is 12.2 Å². The molecule has 0 rings (SSSR count). The topological polar surface area (TPSA) is 143 Å². The lowest BCUT2D eigenvalue weighted by molar-refractivity contribution is -0.142. The summed E-state index contributed by atoms with van der Waals surface area (Å²) < 4.78 is 20.7. The maximum Gasteiger partial charge on any atom is 0.410 e. The molecule has 0 aromatic carbocycles. The summed E-state index contributed by atoms with van der Waals surface area (Å²) in [5.74, 6) is -1.02. The van der Waals surface area contributed by atoms with Crippen molar-refractivity contribution < 1.29 is 33.6 Å². The number of hydrogen-bond donors (Lipinski definition) is 1. The summed E-state index contributed by atoms with van der Waals surface area (Å²) in [7, 11) is 0. The minimum absolute atomic E-state index is 0.148. The summed E-state index contributed by atoms with van der Waals surface area (Å²) in [5.41, 5.74) is 7.71. The molecule has 0 heterocycles. The Bertz CT molecular complexity index is 461. The molecule has 1 N–H and O–H groups in total. The molecule has 0 atom stereocenters. The predicted octanol–water partition coefficient (Wildman–Crippen LogP) is 1.67. The van der Waals surface area contributed by atoms with E-state index in [9.17, 15) is 9.59 Å². The molecule has 0 bridgehead atoms. The van der Waals surface area contributed by atoms with Crippen LogP contribution in [0, 0.1) is 0 Å². The van der Waals surface area contributed by atoms with Crippen LogP contribution in [-0.4, -0.2) is 86.9 Å². The second-order valence-electron chi connectivity index (χ2n) is 6.09. The van der Waals surface area contributed by atoms with Gasteiger partial charge < -0.3 is 29.0 Å². The third-order valence-corrected chi connectivity index (χ3v) is 2.66. The summed E-state index contributed by atoms with van der Waals surface area (Å²) in [6.07, 6.45) is -0.499. The molecule has 0 aromatic rings. The van der Waals surface area contributed by atoms with Gasteiger partial charge in [0.05, 0.1) is 33.0 Å². The summed E-state index contributed by atoms with van der Waals surface area (Å²) >= 11 is 0. The first-order chi connectivity index (χ1) is 12.3. The molecule has 26 heavy (non-hydrogen) atoms. The Labute approximate surface area is 152 Å². The van der Waals surface area contributed by atoms with E-state index in [0.29, 0.717) is 13.2 Å². The van der Waals surface area contributed by atoms with Crippen molar-refractivity contribution in [2.24, 2.45) is 5.11 Å². The van der Waals surface area contributed by atoms with E-state index in [4.69, 9.17) is 29.6 Å². The molecule has 0 radical (unpaired) electrons. The lowest BCUT2D eigenvalue weighted by Gasteiger charge is -2.27. The zero-order chi connectivity index (χ0) is 19.8. The molecular weight excluding hydrogens is 348 g/mol. The molecule has 0 aliphatic rings. The summed E-state index contributed by atoms with van der Waals surface area (Å²) in [6.45, 7) is 7.00. The quantitative estimate of drug-likeness (QED) is 0.210. The number of carboxylic acid groups (broad SMARTS) is 1. The summed E-state index contributed by atoms with van der Waals surface area (Å²) in [4.78, 5) is 26.4. The van der Waals surface area contributed by atoms with Crippen LogP contribution in [0.3, 0.4) is 0 Å². The highest BCUT2D eigenvalue weighted by Gasteiger charge is 2.21. The second kappa shape index (κ2) is 14.1. The average molecular weight is 376 g/mol. The molecule has 0 aliphatic carbocycles. The first-order valence-electron chi connectivity index (χ1n) is 8.20. The number of carbonyl (C=O) groups excluding carboxylic acids is 1. The van der Waals surface area contributed by atoms with Crippen LogP contribution in [0.1, 0.15) is 20.8 Å². The fraction of sp³-hybridized carbons (Fsp3) is 0.867. The van der Waals surface area contributed by atoms with E-state index in [1.807, 2.05) is 0 Å². The fourth-order valence-corrected chi connectivity index (χ4v) is 1.61. The third kappa shape index (κ3) is 15.5. The molecule has 11 heteroatoms. The second-order valence-corrected chi connectivity index (χ2v) is 6.09. The Balaban J connectivity index is 3.93. The van der Waals surface area contributed by atoms with Crippen molar-refractivity contribution in [1.82, 2.24) is 4.90 Å². The van der Waals surface area contributed by atoms with Crippen LogP contribution in [0.25, 0.3) is 10.4 Å². The van der Waals surface area contributed by atoms with Crippen molar-refractivity contribution in [3.05, 3.63) is 10.4 Å². The van der Waals surface area contributed by atoms with E-state index in [1.165, 1.54) is 4.90 Å². The monoisotopic (exact) mass is 376 g/mol. The number of hydrogen-bond acceptors (Lipinski definition) is 7. The van der Waals surface area contributed by atoms with E-state index in [2.05, 4.69) is 10.0 Å². The molecule has 0 saturated heterocycles. The van der Waals surface area contributed by atoms with Gasteiger partial charge in [-0.05, 0) is 26.3 Å². The maximum atomic E-state index is 12.1. The zero-order valence-electron chi connectivity index (χ0n) is 15.5. The largest absolute Gasteiger partial charge is 0.480 e. The van der Waals surface area contributed by atoms with Gasteiger partial charge in [-0.15, -0.1) is 0 Å². The first kappa shape index (κ1) is 23.9. The number of carbonyl (C=O) groups is 2. The molecule has 11 nitrogen and oxygen atoms in total. The van der Waals surface area contributed by atoms with E-state index < -0.39 is 17.7 Å². The molecule has 0 fully saturated rings. The number of azide groups is 1. The van der Waals surface area contributed by atoms with Crippen LogP contribution in [0.15, 0.2) is 5.11 Å². The van der Waals surface area contributed by atoms with Gasteiger partial charge in [0, 0.05) is 24.5 Å². The van der Waals surface area contributed by atoms with Crippen molar-refractivity contribution >= 4 is 12.1 Å². The van der Waals surface area contributed by atoms with Gasteiger partial charge in [0.15, 0.2) is 0 Å². The van der Waals surface area contributed by atoms with Gasteiger partial charge in [0.2, 0.25) is 0 Å². The van der Waals surface area contributed by atoms with Crippen LogP contribution in [0.5, 0.6) is 0 Å². The van der Waals surface area contributed by atoms with E-state index in [-0.39, 0.29) is 46.1 Å². The van der Waals surface area contributed by atoms with Gasteiger partial charge >= 0.3 is 12.1 Å². The predicted molar refractivity (Wildman–Crippen MR) is 91.9 cm³/mol. The highest BCUT2D eigenvalue weighted by molar-refractivity contribution is 5.68. The lowest BCUT2D eigenvalue weighted by atomic mass is 10.2. The highest BCUT2D eigenvalue weighted by atomic mass is 16.6. The molecule has 0 spiro atoms. The smallest absolute Gasteiger partial charge is 0.410 e. The minimum atomic E-state index is -1.02. The van der Waals surface area contributed by atoms with Gasteiger partial charge in [-0.2, -0.15) is 0 Å². The van der Waals surface area contributed by atoms with Gasteiger partial charge in [0.25, 0.3) is 0 Å². The van der Waals surface area contributed by atoms with Gasteiger partial charge in [-0.1, -0.05) is 5.11 Å². The van der Waals surface area contributed by atoms with E-state index in [0.717, 1.165) is 0 Å². The Kier molecular flexibility index (Phi) is 13.0. The molecule has 0 saturated carbocycles. The van der Waals surface area contributed by atoms with Gasteiger partial charge in [-0.25, -0.2) is 9.59 Å². The molecule has 150 valence electrons. The number of aliphatic carboxylic acids is 1. The van der Waals surface area contributed by atoms with Crippen LogP contribution in [0.4, 0.5) is 4.79 Å². The van der Waals surface area contributed by atoms with Crippen LogP contribution < -0.4 is 0 Å². The normalized spacial score (nSPS) is 10.9. The number of ether oxygens (including phenoxy) is 4. The number of carboxylic acids is 1. The van der Waals surface area contributed by atoms with Crippen molar-refractivity contribution in [3.63, 3.8) is 0 Å². The standard InChI is InChI=1S/C15H28N4O7/c1-15(2,3)26-14(22)19(5-4-17-18-16)6-7-23-8-9-24-10-11-25-12-13(20)21/h4-12H2,1-3H3,(H,20,21). The fourth-order valence-electron chi connectivity index (χ4n) is 1.61. The minimum Gasteiger partial charge on any atom is -0.480 e. The van der Waals surface area contributed by atoms with E-state index in [1.54, 1.807) is 20.8 Å². The number of rotatable bonds is 14. The van der Waals surface area contributed by atoms with Crippen LogP contribution in [-0.2, 0) is 23.7 Å².